The summed E-state index contributed by atoms with van der Waals surface area (Å²) in [7, 11) is 0. The van der Waals surface area contributed by atoms with Gasteiger partial charge in [0.05, 0.1) is 6.61 Å². The Kier molecular flexibility index (Phi) is 7.12. The molecule has 1 aliphatic heterocycles. The number of piperidine rings is 1. The molecule has 1 aromatic carbocycles. The molecular formula is C13H19BrClNO. The zero-order valence-electron chi connectivity index (χ0n) is 9.82. The van der Waals surface area contributed by atoms with E-state index in [1.165, 1.54) is 18.4 Å². The Balaban J connectivity index is 0.00000144. The normalized spacial score (nSPS) is 16.5. The lowest BCUT2D eigenvalue weighted by Crippen LogP contribution is -2.29. The van der Waals surface area contributed by atoms with Gasteiger partial charge in [-0.25, -0.2) is 0 Å². The molecule has 0 saturated carbocycles. The monoisotopic (exact) mass is 319 g/mol. The number of nitrogens with one attached hydrogen (secondary N) is 1. The van der Waals surface area contributed by atoms with Crippen molar-refractivity contribution in [1.29, 1.82) is 0 Å². The average Bonchev–Trinajstić information content (AvgIpc) is 2.33. The lowest BCUT2D eigenvalue weighted by Gasteiger charge is -2.22. The van der Waals surface area contributed by atoms with Crippen LogP contribution in [0.3, 0.4) is 0 Å². The van der Waals surface area contributed by atoms with Crippen molar-refractivity contribution in [2.45, 2.75) is 19.4 Å². The van der Waals surface area contributed by atoms with E-state index < -0.39 is 0 Å². The maximum atomic E-state index is 5.76. The van der Waals surface area contributed by atoms with Gasteiger partial charge in [-0.3, -0.25) is 0 Å². The van der Waals surface area contributed by atoms with E-state index in [4.69, 9.17) is 4.74 Å². The summed E-state index contributed by atoms with van der Waals surface area (Å²) in [5.41, 5.74) is 1.25. The molecule has 1 saturated heterocycles. The number of rotatable bonds is 4. The third-order valence-electron chi connectivity index (χ3n) is 2.99. The molecule has 4 heteroatoms. The molecule has 1 N–H and O–H groups in total. The Labute approximate surface area is 118 Å². The number of hydrogen-bond donors (Lipinski definition) is 1. The van der Waals surface area contributed by atoms with E-state index in [1.54, 1.807) is 0 Å². The summed E-state index contributed by atoms with van der Waals surface area (Å²) >= 11 is 3.43. The molecule has 0 aliphatic carbocycles. The first-order chi connectivity index (χ1) is 7.84. The van der Waals surface area contributed by atoms with Crippen molar-refractivity contribution in [2.75, 3.05) is 19.7 Å². The zero-order valence-corrected chi connectivity index (χ0v) is 12.2. The molecule has 1 fully saturated rings. The van der Waals surface area contributed by atoms with E-state index in [-0.39, 0.29) is 12.4 Å². The SMILES string of the molecule is Brc1ccc(COCC2CCNCC2)cc1.Cl. The van der Waals surface area contributed by atoms with Gasteiger partial charge in [0.2, 0.25) is 0 Å². The van der Waals surface area contributed by atoms with E-state index in [0.717, 1.165) is 36.7 Å². The maximum Gasteiger partial charge on any atom is 0.0717 e. The summed E-state index contributed by atoms with van der Waals surface area (Å²) < 4.78 is 6.88. The largest absolute Gasteiger partial charge is 0.376 e. The molecule has 96 valence electrons. The Hall–Kier alpha value is -0.0900. The van der Waals surface area contributed by atoms with Crippen LogP contribution in [0.5, 0.6) is 0 Å². The Morgan fingerprint density at radius 2 is 1.82 bits per heavy atom. The Morgan fingerprint density at radius 3 is 2.47 bits per heavy atom. The standard InChI is InChI=1S/C13H18BrNO.ClH/c14-13-3-1-11(2-4-13)9-16-10-12-5-7-15-8-6-12;/h1-4,12,15H,5-10H2;1H. The van der Waals surface area contributed by atoms with Gasteiger partial charge in [-0.2, -0.15) is 0 Å². The first kappa shape index (κ1) is 15.0. The van der Waals surface area contributed by atoms with Gasteiger partial charge in [-0.05, 0) is 49.5 Å². The van der Waals surface area contributed by atoms with Crippen LogP contribution in [0.25, 0.3) is 0 Å². The molecular weight excluding hydrogens is 302 g/mol. The highest BCUT2D eigenvalue weighted by atomic mass is 79.9. The third-order valence-corrected chi connectivity index (χ3v) is 3.52. The van der Waals surface area contributed by atoms with Crippen LogP contribution in [0.1, 0.15) is 18.4 Å². The van der Waals surface area contributed by atoms with Gasteiger partial charge in [0.15, 0.2) is 0 Å². The summed E-state index contributed by atoms with van der Waals surface area (Å²) in [4.78, 5) is 0. The van der Waals surface area contributed by atoms with Gasteiger partial charge in [0.25, 0.3) is 0 Å². The number of benzene rings is 1. The highest BCUT2D eigenvalue weighted by molar-refractivity contribution is 9.10. The minimum atomic E-state index is 0. The molecule has 0 radical (unpaired) electrons. The second-order valence-electron chi connectivity index (χ2n) is 4.33. The molecule has 0 aromatic heterocycles. The van der Waals surface area contributed by atoms with Crippen molar-refractivity contribution in [3.8, 4) is 0 Å². The molecule has 0 atom stereocenters. The molecule has 0 bridgehead atoms. The van der Waals surface area contributed by atoms with Gasteiger partial charge < -0.3 is 10.1 Å². The van der Waals surface area contributed by atoms with Crippen molar-refractivity contribution >= 4 is 28.3 Å². The van der Waals surface area contributed by atoms with Gasteiger partial charge in [-0.15, -0.1) is 12.4 Å². The molecule has 0 unspecified atom stereocenters. The van der Waals surface area contributed by atoms with Crippen LogP contribution in [0.2, 0.25) is 0 Å². The average molecular weight is 321 g/mol. The van der Waals surface area contributed by atoms with Crippen LogP contribution in [-0.2, 0) is 11.3 Å². The fraction of sp³-hybridized carbons (Fsp3) is 0.538. The fourth-order valence-electron chi connectivity index (χ4n) is 1.97. The molecule has 0 spiro atoms. The zero-order chi connectivity index (χ0) is 11.2. The van der Waals surface area contributed by atoms with Gasteiger partial charge in [0.1, 0.15) is 0 Å². The third kappa shape index (κ3) is 5.38. The van der Waals surface area contributed by atoms with E-state index in [1.807, 2.05) is 0 Å². The highest BCUT2D eigenvalue weighted by Gasteiger charge is 2.12. The first-order valence-corrected chi connectivity index (χ1v) is 6.67. The molecule has 1 aliphatic rings. The van der Waals surface area contributed by atoms with Crippen LogP contribution in [-0.4, -0.2) is 19.7 Å². The molecule has 17 heavy (non-hydrogen) atoms. The first-order valence-electron chi connectivity index (χ1n) is 5.87. The van der Waals surface area contributed by atoms with Crippen molar-refractivity contribution in [3.63, 3.8) is 0 Å². The predicted octanol–water partition coefficient (Wildman–Crippen LogP) is 3.39. The Morgan fingerprint density at radius 1 is 1.18 bits per heavy atom. The van der Waals surface area contributed by atoms with Crippen LogP contribution >= 0.6 is 28.3 Å². The molecule has 1 heterocycles. The predicted molar refractivity (Wildman–Crippen MR) is 76.6 cm³/mol. The lowest BCUT2D eigenvalue weighted by molar-refractivity contribution is 0.0763. The Bertz CT molecular complexity index is 312. The smallest absolute Gasteiger partial charge is 0.0717 e. The van der Waals surface area contributed by atoms with Crippen LogP contribution < -0.4 is 5.32 Å². The summed E-state index contributed by atoms with van der Waals surface area (Å²) in [6.45, 7) is 3.92. The van der Waals surface area contributed by atoms with Crippen molar-refractivity contribution in [3.05, 3.63) is 34.3 Å². The van der Waals surface area contributed by atoms with Crippen molar-refractivity contribution in [2.24, 2.45) is 5.92 Å². The van der Waals surface area contributed by atoms with Gasteiger partial charge in [-0.1, -0.05) is 28.1 Å². The molecule has 1 aromatic rings. The molecule has 2 nitrogen and oxygen atoms in total. The second-order valence-corrected chi connectivity index (χ2v) is 5.25. The fourth-order valence-corrected chi connectivity index (χ4v) is 2.24. The van der Waals surface area contributed by atoms with Gasteiger partial charge >= 0.3 is 0 Å². The van der Waals surface area contributed by atoms with Crippen LogP contribution in [0.4, 0.5) is 0 Å². The van der Waals surface area contributed by atoms with Crippen LogP contribution in [0, 0.1) is 5.92 Å². The molecule has 0 amide bonds. The quantitative estimate of drug-likeness (QED) is 0.918. The summed E-state index contributed by atoms with van der Waals surface area (Å²) in [5.74, 6) is 0.747. The highest BCUT2D eigenvalue weighted by Crippen LogP contribution is 2.14. The molecule has 2 rings (SSSR count). The van der Waals surface area contributed by atoms with Crippen molar-refractivity contribution in [1.82, 2.24) is 5.32 Å². The maximum absolute atomic E-state index is 5.76. The van der Waals surface area contributed by atoms with E-state index in [0.29, 0.717) is 0 Å². The minimum Gasteiger partial charge on any atom is -0.376 e. The second kappa shape index (κ2) is 8.09. The van der Waals surface area contributed by atoms with Crippen LogP contribution in [0.15, 0.2) is 28.7 Å². The summed E-state index contributed by atoms with van der Waals surface area (Å²) in [6.07, 6.45) is 2.50. The summed E-state index contributed by atoms with van der Waals surface area (Å²) in [6, 6.07) is 8.32. The summed E-state index contributed by atoms with van der Waals surface area (Å²) in [5, 5.41) is 3.37. The van der Waals surface area contributed by atoms with Crippen molar-refractivity contribution < 1.29 is 4.74 Å². The topological polar surface area (TPSA) is 21.3 Å². The van der Waals surface area contributed by atoms with E-state index in [2.05, 4.69) is 45.5 Å². The lowest BCUT2D eigenvalue weighted by atomic mass is 9.99. The number of ether oxygens (including phenoxy) is 1. The number of hydrogen-bond acceptors (Lipinski definition) is 2. The van der Waals surface area contributed by atoms with E-state index >= 15 is 0 Å². The number of halogens is 2. The minimum absolute atomic E-state index is 0. The van der Waals surface area contributed by atoms with E-state index in [9.17, 15) is 0 Å². The van der Waals surface area contributed by atoms with Gasteiger partial charge in [0, 0.05) is 11.1 Å².